The summed E-state index contributed by atoms with van der Waals surface area (Å²) in [6.07, 6.45) is 7.24. The fraction of sp³-hybridized carbons (Fsp3) is 0.667. The Balaban J connectivity index is 1.55. The lowest BCUT2D eigenvalue weighted by atomic mass is 9.71. The lowest BCUT2D eigenvalue weighted by Gasteiger charge is -2.41. The molecule has 49 heavy (non-hydrogen) atoms. The monoisotopic (exact) mass is 717 g/mol. The molecule has 8 nitrogen and oxygen atoms in total. The van der Waals surface area contributed by atoms with Crippen molar-refractivity contribution in [3.05, 3.63) is 58.1 Å². The second-order valence-corrected chi connectivity index (χ2v) is 16.9. The molecule has 0 aromatic heterocycles. The first-order valence-electron chi connectivity index (χ1n) is 18.3. The number of carbonyl (C=O) groups is 1. The third kappa shape index (κ3) is 10.2. The minimum atomic E-state index is -1.48. The number of nitrogens with one attached hydrogen (secondary N) is 1. The molecular formula is C39H60ClN3O5S. The van der Waals surface area contributed by atoms with Crippen molar-refractivity contribution in [2.75, 3.05) is 58.5 Å². The fourth-order valence-corrected chi connectivity index (χ4v) is 8.22. The minimum absolute atomic E-state index is 0.0458. The molecule has 0 bridgehead atoms. The Labute approximate surface area is 302 Å². The molecule has 2 aromatic rings. The zero-order valence-electron chi connectivity index (χ0n) is 30.8. The predicted molar refractivity (Wildman–Crippen MR) is 202 cm³/mol. The van der Waals surface area contributed by atoms with E-state index in [0.717, 1.165) is 68.1 Å². The smallest absolute Gasteiger partial charge is 0.263 e. The minimum Gasteiger partial charge on any atom is -0.491 e. The van der Waals surface area contributed by atoms with E-state index in [1.54, 1.807) is 6.07 Å². The standard InChI is InChI=1S/C39H60ClN3O5S/c1-8-10-27(3)28(4)49(46)41-38(45)31-14-17-37-36(21-31)43(23-33(24-48-37)35-16-15-34(40)20-30(35)11-9-2)22-32-13-12-29(32)18-19-47-26-39(5,25-44)42(6)7/h14-17,20-21,27-29,32-33,44H,8-13,18-19,22-26H2,1-7H3,(H,41,45)/t27?,28?,29?,32?,33?,39-,49?/m0/s1. The molecule has 1 heterocycles. The van der Waals surface area contributed by atoms with Crippen LogP contribution < -0.4 is 14.4 Å². The van der Waals surface area contributed by atoms with Gasteiger partial charge in [-0.1, -0.05) is 51.3 Å². The van der Waals surface area contributed by atoms with Crippen LogP contribution in [-0.2, 0) is 22.1 Å². The van der Waals surface area contributed by atoms with E-state index in [2.05, 4.69) is 42.5 Å². The summed E-state index contributed by atoms with van der Waals surface area (Å²) in [6.45, 7) is 13.7. The lowest BCUT2D eigenvalue weighted by Crippen LogP contribution is -2.48. The fourth-order valence-electron chi connectivity index (χ4n) is 6.98. The summed E-state index contributed by atoms with van der Waals surface area (Å²) in [5.74, 6) is 1.84. The van der Waals surface area contributed by atoms with Crippen molar-refractivity contribution in [1.82, 2.24) is 9.62 Å². The number of halogens is 1. The molecule has 1 amide bonds. The molecule has 1 aliphatic heterocycles. The topological polar surface area (TPSA) is 91.3 Å². The molecule has 4 rings (SSSR count). The van der Waals surface area contributed by atoms with Gasteiger partial charge in [0, 0.05) is 36.2 Å². The molecule has 2 N–H and O–H groups in total. The van der Waals surface area contributed by atoms with E-state index in [1.807, 2.05) is 51.0 Å². The number of hydrogen-bond acceptors (Lipinski definition) is 7. The Bertz CT molecular complexity index is 1410. The number of rotatable bonds is 18. The highest BCUT2D eigenvalue weighted by Crippen LogP contribution is 2.42. The summed E-state index contributed by atoms with van der Waals surface area (Å²) < 4.78 is 28.5. The van der Waals surface area contributed by atoms with Crippen molar-refractivity contribution in [2.45, 2.75) is 96.3 Å². The van der Waals surface area contributed by atoms with Gasteiger partial charge in [-0.3, -0.25) is 14.4 Å². The maximum atomic E-state index is 13.5. The summed E-state index contributed by atoms with van der Waals surface area (Å²) in [7, 11) is 2.45. The maximum Gasteiger partial charge on any atom is 0.263 e. The molecule has 0 spiro atoms. The highest BCUT2D eigenvalue weighted by Gasteiger charge is 2.35. The van der Waals surface area contributed by atoms with Crippen LogP contribution in [-0.4, -0.2) is 84.5 Å². The predicted octanol–water partition coefficient (Wildman–Crippen LogP) is 7.24. The third-order valence-corrected chi connectivity index (χ3v) is 12.8. The van der Waals surface area contributed by atoms with E-state index in [1.165, 1.54) is 17.5 Å². The largest absolute Gasteiger partial charge is 0.491 e. The Morgan fingerprint density at radius 3 is 2.57 bits per heavy atom. The molecule has 274 valence electrons. The first kappa shape index (κ1) is 39.6. The molecule has 1 fully saturated rings. The number of likely N-dealkylation sites (N-methyl/N-ethyl adjacent to an activating group) is 1. The molecule has 10 heteroatoms. The molecule has 2 aromatic carbocycles. The van der Waals surface area contributed by atoms with Crippen molar-refractivity contribution in [3.63, 3.8) is 0 Å². The van der Waals surface area contributed by atoms with Gasteiger partial charge in [-0.2, -0.15) is 0 Å². The van der Waals surface area contributed by atoms with Gasteiger partial charge in [0.15, 0.2) is 0 Å². The SMILES string of the molecule is CCCc1cc(Cl)ccc1C1COc2ccc(C(=O)NS(=O)C(C)C(C)CCC)cc2N(CC2CCC2CCOC[C@](C)(CO)N(C)C)C1. The van der Waals surface area contributed by atoms with Gasteiger partial charge >= 0.3 is 0 Å². The van der Waals surface area contributed by atoms with Crippen molar-refractivity contribution in [2.24, 2.45) is 17.8 Å². The summed E-state index contributed by atoms with van der Waals surface area (Å²) in [5, 5.41) is 10.5. The van der Waals surface area contributed by atoms with Gasteiger partial charge in [-0.25, -0.2) is 4.21 Å². The van der Waals surface area contributed by atoms with E-state index < -0.39 is 16.5 Å². The number of anilines is 1. The van der Waals surface area contributed by atoms with E-state index in [4.69, 9.17) is 21.1 Å². The normalized spacial score (nSPS) is 22.2. The van der Waals surface area contributed by atoms with E-state index in [9.17, 15) is 14.1 Å². The van der Waals surface area contributed by atoms with Gasteiger partial charge in [0.05, 0.1) is 36.3 Å². The van der Waals surface area contributed by atoms with Crippen LogP contribution in [0.4, 0.5) is 5.69 Å². The summed E-state index contributed by atoms with van der Waals surface area (Å²) in [5.41, 5.74) is 3.52. The molecular weight excluding hydrogens is 658 g/mol. The first-order valence-corrected chi connectivity index (χ1v) is 19.9. The molecule has 6 unspecified atom stereocenters. The van der Waals surface area contributed by atoms with Crippen molar-refractivity contribution >= 4 is 34.2 Å². The van der Waals surface area contributed by atoms with Crippen LogP contribution in [0.1, 0.15) is 101 Å². The van der Waals surface area contributed by atoms with Crippen LogP contribution >= 0.6 is 11.6 Å². The first-order chi connectivity index (χ1) is 23.4. The number of ether oxygens (including phenoxy) is 2. The lowest BCUT2D eigenvalue weighted by molar-refractivity contribution is -0.0161. The van der Waals surface area contributed by atoms with Crippen molar-refractivity contribution in [1.29, 1.82) is 0 Å². The van der Waals surface area contributed by atoms with Crippen molar-refractivity contribution in [3.8, 4) is 5.75 Å². The number of hydrogen-bond donors (Lipinski definition) is 2. The maximum absolute atomic E-state index is 13.5. The molecule has 0 saturated heterocycles. The van der Waals surface area contributed by atoms with Crippen LogP contribution in [0.3, 0.4) is 0 Å². The summed E-state index contributed by atoms with van der Waals surface area (Å²) >= 11 is 6.45. The van der Waals surface area contributed by atoms with Gasteiger partial charge in [-0.15, -0.1) is 0 Å². The molecule has 2 aliphatic rings. The molecule has 1 aliphatic carbocycles. The van der Waals surface area contributed by atoms with Gasteiger partial charge < -0.3 is 19.5 Å². The summed E-state index contributed by atoms with van der Waals surface area (Å²) in [6, 6.07) is 11.8. The molecule has 0 radical (unpaired) electrons. The zero-order valence-corrected chi connectivity index (χ0v) is 32.4. The molecule has 7 atom stereocenters. The van der Waals surface area contributed by atoms with Crippen molar-refractivity contribution < 1.29 is 23.6 Å². The van der Waals surface area contributed by atoms with Crippen LogP contribution in [0.5, 0.6) is 5.75 Å². The number of aliphatic hydroxyl groups is 1. The van der Waals surface area contributed by atoms with Crippen LogP contribution in [0.15, 0.2) is 36.4 Å². The Morgan fingerprint density at radius 1 is 1.16 bits per heavy atom. The quantitative estimate of drug-likeness (QED) is 0.157. The number of aliphatic hydroxyl groups excluding tert-OH is 1. The number of nitrogens with zero attached hydrogens (tertiary/aromatic N) is 2. The number of fused-ring (bicyclic) bond motifs is 1. The highest BCUT2D eigenvalue weighted by molar-refractivity contribution is 7.84. The van der Waals surface area contributed by atoms with E-state index in [-0.39, 0.29) is 29.6 Å². The number of amides is 1. The molecule has 1 saturated carbocycles. The second-order valence-electron chi connectivity index (χ2n) is 14.9. The van der Waals surface area contributed by atoms with E-state index in [0.29, 0.717) is 37.2 Å². The van der Waals surface area contributed by atoms with Crippen LogP contribution in [0.25, 0.3) is 0 Å². The number of aryl methyl sites for hydroxylation is 1. The number of carbonyl (C=O) groups excluding carboxylic acids is 1. The summed E-state index contributed by atoms with van der Waals surface area (Å²) in [4.78, 5) is 17.9. The average Bonchev–Trinajstić information content (AvgIpc) is 3.25. The zero-order chi connectivity index (χ0) is 35.7. The number of benzene rings is 2. The Hall–Kier alpha value is -2.17. The van der Waals surface area contributed by atoms with E-state index >= 15 is 0 Å². The van der Waals surface area contributed by atoms with Crippen LogP contribution in [0.2, 0.25) is 5.02 Å². The van der Waals surface area contributed by atoms with Gasteiger partial charge in [-0.05, 0) is 119 Å². The second kappa shape index (κ2) is 18.4. The average molecular weight is 718 g/mol. The Morgan fingerprint density at radius 2 is 1.92 bits per heavy atom. The highest BCUT2D eigenvalue weighted by atomic mass is 35.5. The van der Waals surface area contributed by atoms with Gasteiger partial charge in [0.2, 0.25) is 0 Å². The third-order valence-electron chi connectivity index (χ3n) is 11.1. The Kier molecular flexibility index (Phi) is 14.8. The van der Waals surface area contributed by atoms with Gasteiger partial charge in [0.25, 0.3) is 5.91 Å². The van der Waals surface area contributed by atoms with Gasteiger partial charge in [0.1, 0.15) is 16.7 Å². The van der Waals surface area contributed by atoms with Crippen LogP contribution in [0, 0.1) is 17.8 Å².